The normalized spacial score (nSPS) is 31.1. The Morgan fingerprint density at radius 2 is 1.68 bits per heavy atom. The van der Waals surface area contributed by atoms with Crippen LogP contribution in [-0.2, 0) is 4.79 Å². The number of nitrogens with zero attached hydrogens (tertiary/aromatic N) is 2. The number of carbonyl (C=O) groups is 1. The van der Waals surface area contributed by atoms with Crippen LogP contribution in [0.15, 0.2) is 24.3 Å². The molecule has 0 aromatic heterocycles. The number of hydrogen-bond donors (Lipinski definition) is 1. The van der Waals surface area contributed by atoms with E-state index < -0.39 is 0 Å². The predicted octanol–water partition coefficient (Wildman–Crippen LogP) is 3.17. The van der Waals surface area contributed by atoms with E-state index in [1.54, 1.807) is 0 Å². The van der Waals surface area contributed by atoms with E-state index >= 15 is 0 Å². The van der Waals surface area contributed by atoms with Gasteiger partial charge in [-0.25, -0.2) is 0 Å². The van der Waals surface area contributed by atoms with E-state index in [1.807, 2.05) is 0 Å². The number of carbonyl (C=O) groups excluding carboxylic acids is 1. The van der Waals surface area contributed by atoms with Crippen LogP contribution in [0.5, 0.6) is 0 Å². The Labute approximate surface area is 150 Å². The molecule has 2 bridgehead atoms. The second-order valence-electron chi connectivity index (χ2n) is 8.60. The fourth-order valence-corrected chi connectivity index (χ4v) is 5.18. The molecule has 1 amide bonds. The van der Waals surface area contributed by atoms with Gasteiger partial charge in [-0.1, -0.05) is 12.1 Å². The first-order valence-corrected chi connectivity index (χ1v) is 10.2. The first kappa shape index (κ1) is 15.7. The number of para-hydroxylation sites is 2. The van der Waals surface area contributed by atoms with Gasteiger partial charge in [0.25, 0.3) is 0 Å². The maximum absolute atomic E-state index is 13.1. The highest BCUT2D eigenvalue weighted by Gasteiger charge is 2.36. The lowest BCUT2D eigenvalue weighted by Gasteiger charge is -2.39. The number of nitrogens with one attached hydrogen (secondary N) is 1. The lowest BCUT2D eigenvalue weighted by atomic mass is 9.89. The summed E-state index contributed by atoms with van der Waals surface area (Å²) in [7, 11) is 0. The van der Waals surface area contributed by atoms with Gasteiger partial charge in [-0.15, -0.1) is 0 Å². The highest BCUT2D eigenvalue weighted by atomic mass is 16.2. The van der Waals surface area contributed by atoms with Crippen LogP contribution in [0.1, 0.15) is 44.9 Å². The van der Waals surface area contributed by atoms with Crippen molar-refractivity contribution in [1.29, 1.82) is 0 Å². The number of hydrogen-bond acceptors (Lipinski definition) is 3. The van der Waals surface area contributed by atoms with Crippen LogP contribution in [0.25, 0.3) is 0 Å². The summed E-state index contributed by atoms with van der Waals surface area (Å²) in [5, 5.41) is 3.69. The highest BCUT2D eigenvalue weighted by molar-refractivity contribution is 5.98. The van der Waals surface area contributed by atoms with Crippen molar-refractivity contribution in [2.75, 3.05) is 29.4 Å². The van der Waals surface area contributed by atoms with Gasteiger partial charge in [-0.3, -0.25) is 4.79 Å². The number of rotatable bonds is 4. The SMILES string of the molecule is O=C(CC1CC2CCC(C1)N2)N1CCN(CC2CC2)c2ccccc21. The van der Waals surface area contributed by atoms with Gasteiger partial charge in [0.05, 0.1) is 11.4 Å². The summed E-state index contributed by atoms with van der Waals surface area (Å²) >= 11 is 0. The van der Waals surface area contributed by atoms with Gasteiger partial charge < -0.3 is 15.1 Å². The molecule has 2 saturated heterocycles. The topological polar surface area (TPSA) is 35.6 Å². The predicted molar refractivity (Wildman–Crippen MR) is 101 cm³/mol. The van der Waals surface area contributed by atoms with Gasteiger partial charge in [0.15, 0.2) is 0 Å². The number of piperidine rings is 1. The number of amides is 1. The Hall–Kier alpha value is -1.55. The molecular formula is C21H29N3O. The van der Waals surface area contributed by atoms with Crippen molar-refractivity contribution in [2.45, 2.75) is 57.0 Å². The third kappa shape index (κ3) is 3.17. The summed E-state index contributed by atoms with van der Waals surface area (Å²) < 4.78 is 0. The molecule has 0 spiro atoms. The van der Waals surface area contributed by atoms with Gasteiger partial charge in [0, 0.05) is 38.1 Å². The second-order valence-corrected chi connectivity index (χ2v) is 8.60. The summed E-state index contributed by atoms with van der Waals surface area (Å²) in [4.78, 5) is 17.7. The van der Waals surface area contributed by atoms with Crippen molar-refractivity contribution in [3.05, 3.63) is 24.3 Å². The van der Waals surface area contributed by atoms with E-state index in [0.29, 0.717) is 23.9 Å². The van der Waals surface area contributed by atoms with Crippen molar-refractivity contribution in [3.63, 3.8) is 0 Å². The molecule has 0 radical (unpaired) electrons. The van der Waals surface area contributed by atoms with Gasteiger partial charge >= 0.3 is 0 Å². The van der Waals surface area contributed by atoms with Gasteiger partial charge in [0.1, 0.15) is 0 Å². The van der Waals surface area contributed by atoms with Crippen LogP contribution in [-0.4, -0.2) is 37.6 Å². The maximum atomic E-state index is 13.1. The van der Waals surface area contributed by atoms with Crippen LogP contribution in [0.2, 0.25) is 0 Å². The van der Waals surface area contributed by atoms with Crippen molar-refractivity contribution in [2.24, 2.45) is 11.8 Å². The molecule has 4 aliphatic rings. The van der Waals surface area contributed by atoms with E-state index in [9.17, 15) is 4.79 Å². The van der Waals surface area contributed by atoms with Crippen LogP contribution in [0, 0.1) is 11.8 Å². The molecule has 2 atom stereocenters. The standard InChI is InChI=1S/C21H29N3O/c25-21(13-16-11-17-7-8-18(12-16)22-17)24-10-9-23(14-15-5-6-15)19-3-1-2-4-20(19)24/h1-4,15-18,22H,5-14H2. The monoisotopic (exact) mass is 339 g/mol. The van der Waals surface area contributed by atoms with Gasteiger partial charge in [-0.05, 0) is 62.5 Å². The molecule has 1 saturated carbocycles. The quantitative estimate of drug-likeness (QED) is 0.915. The zero-order valence-corrected chi connectivity index (χ0v) is 15.0. The molecule has 3 aliphatic heterocycles. The molecule has 3 fully saturated rings. The summed E-state index contributed by atoms with van der Waals surface area (Å²) in [5.74, 6) is 1.79. The molecule has 1 aromatic carbocycles. The summed E-state index contributed by atoms with van der Waals surface area (Å²) in [6.45, 7) is 2.99. The molecule has 4 nitrogen and oxygen atoms in total. The smallest absolute Gasteiger partial charge is 0.227 e. The highest BCUT2D eigenvalue weighted by Crippen LogP contribution is 2.38. The van der Waals surface area contributed by atoms with Crippen LogP contribution >= 0.6 is 0 Å². The molecule has 1 N–H and O–H groups in total. The van der Waals surface area contributed by atoms with Crippen LogP contribution < -0.4 is 15.1 Å². The Kier molecular flexibility index (Phi) is 3.96. The number of anilines is 2. The zero-order chi connectivity index (χ0) is 16.8. The minimum Gasteiger partial charge on any atom is -0.368 e. The molecule has 4 heteroatoms. The zero-order valence-electron chi connectivity index (χ0n) is 15.0. The van der Waals surface area contributed by atoms with E-state index in [2.05, 4.69) is 39.4 Å². The molecule has 2 unspecified atom stereocenters. The lowest BCUT2D eigenvalue weighted by molar-refractivity contribution is -0.119. The average Bonchev–Trinajstić information content (AvgIpc) is 3.38. The number of fused-ring (bicyclic) bond motifs is 3. The summed E-state index contributed by atoms with van der Waals surface area (Å²) in [5.41, 5.74) is 2.40. The van der Waals surface area contributed by atoms with E-state index in [-0.39, 0.29) is 0 Å². The minimum atomic E-state index is 0.338. The third-order valence-corrected chi connectivity index (χ3v) is 6.62. The van der Waals surface area contributed by atoms with Crippen LogP contribution in [0.3, 0.4) is 0 Å². The largest absolute Gasteiger partial charge is 0.368 e. The molecule has 1 aliphatic carbocycles. The minimum absolute atomic E-state index is 0.338. The van der Waals surface area contributed by atoms with Crippen molar-refractivity contribution in [1.82, 2.24) is 5.32 Å². The average molecular weight is 339 g/mol. The molecule has 134 valence electrons. The van der Waals surface area contributed by atoms with Gasteiger partial charge in [0.2, 0.25) is 5.91 Å². The fourth-order valence-electron chi connectivity index (χ4n) is 5.18. The van der Waals surface area contributed by atoms with Crippen molar-refractivity contribution in [3.8, 4) is 0 Å². The Morgan fingerprint density at radius 3 is 2.40 bits per heavy atom. The Balaban J connectivity index is 1.30. The fraction of sp³-hybridized carbons (Fsp3) is 0.667. The lowest BCUT2D eigenvalue weighted by Crippen LogP contribution is -2.46. The van der Waals surface area contributed by atoms with E-state index in [1.165, 1.54) is 44.2 Å². The first-order valence-electron chi connectivity index (χ1n) is 10.2. The molecule has 3 heterocycles. The van der Waals surface area contributed by atoms with E-state index in [0.717, 1.165) is 37.7 Å². The van der Waals surface area contributed by atoms with Gasteiger partial charge in [-0.2, -0.15) is 0 Å². The van der Waals surface area contributed by atoms with E-state index in [4.69, 9.17) is 0 Å². The Bertz CT molecular complexity index is 644. The van der Waals surface area contributed by atoms with Crippen molar-refractivity contribution >= 4 is 17.3 Å². The molecule has 25 heavy (non-hydrogen) atoms. The third-order valence-electron chi connectivity index (χ3n) is 6.62. The van der Waals surface area contributed by atoms with Crippen LogP contribution in [0.4, 0.5) is 11.4 Å². The summed E-state index contributed by atoms with van der Waals surface area (Å²) in [6, 6.07) is 9.85. The van der Waals surface area contributed by atoms with Crippen molar-refractivity contribution < 1.29 is 4.79 Å². The summed E-state index contributed by atoms with van der Waals surface area (Å²) in [6.07, 6.45) is 8.46. The Morgan fingerprint density at radius 1 is 0.960 bits per heavy atom. The molecule has 1 aromatic rings. The second kappa shape index (κ2) is 6.31. The maximum Gasteiger partial charge on any atom is 0.227 e. The molecule has 5 rings (SSSR count). The first-order chi connectivity index (χ1) is 12.3. The number of benzene rings is 1. The molecular weight excluding hydrogens is 310 g/mol.